The lowest BCUT2D eigenvalue weighted by atomic mass is 9.99. The molecule has 0 aromatic carbocycles. The molecule has 2 aliphatic heterocycles. The van der Waals surface area contributed by atoms with Crippen molar-refractivity contribution in [1.82, 2.24) is 15.2 Å². The molecule has 3 heterocycles. The molecule has 1 amide bonds. The number of rotatable bonds is 5. The number of nitrogens with zero attached hydrogens (tertiary/aromatic N) is 3. The van der Waals surface area contributed by atoms with Crippen molar-refractivity contribution >= 4 is 11.7 Å². The predicted octanol–water partition coefficient (Wildman–Crippen LogP) is 2.53. The van der Waals surface area contributed by atoms with Gasteiger partial charge in [-0.2, -0.15) is 0 Å². The van der Waals surface area contributed by atoms with Crippen molar-refractivity contribution in [2.45, 2.75) is 45.6 Å². The van der Waals surface area contributed by atoms with Crippen LogP contribution in [0.2, 0.25) is 0 Å². The van der Waals surface area contributed by atoms with Gasteiger partial charge in [-0.1, -0.05) is 13.8 Å². The van der Waals surface area contributed by atoms with Crippen LogP contribution in [0.15, 0.2) is 18.3 Å². The summed E-state index contributed by atoms with van der Waals surface area (Å²) in [6.07, 6.45) is 6.24. The smallest absolute Gasteiger partial charge is 0.255 e. The van der Waals surface area contributed by atoms with Crippen LogP contribution in [0.3, 0.4) is 0 Å². The monoisotopic (exact) mass is 330 g/mol. The molecule has 1 aromatic heterocycles. The van der Waals surface area contributed by atoms with Gasteiger partial charge in [0.1, 0.15) is 5.82 Å². The number of nitrogens with one attached hydrogen (secondary N) is 1. The van der Waals surface area contributed by atoms with Gasteiger partial charge < -0.3 is 15.1 Å². The van der Waals surface area contributed by atoms with Gasteiger partial charge in [0.2, 0.25) is 0 Å². The number of hydrogen-bond acceptors (Lipinski definition) is 4. The molecule has 5 nitrogen and oxygen atoms in total. The maximum atomic E-state index is 12.9. The van der Waals surface area contributed by atoms with Crippen molar-refractivity contribution in [3.63, 3.8) is 0 Å². The molecule has 1 N–H and O–H groups in total. The van der Waals surface area contributed by atoms with E-state index in [1.54, 1.807) is 6.20 Å². The number of amides is 1. The normalized spacial score (nSPS) is 21.9. The molecule has 132 valence electrons. The fourth-order valence-corrected chi connectivity index (χ4v) is 3.70. The minimum atomic E-state index is 0.122. The molecule has 0 bridgehead atoms. The van der Waals surface area contributed by atoms with Gasteiger partial charge >= 0.3 is 0 Å². The van der Waals surface area contributed by atoms with E-state index in [0.29, 0.717) is 11.6 Å². The first-order valence-electron chi connectivity index (χ1n) is 9.41. The van der Waals surface area contributed by atoms with Gasteiger partial charge in [-0.05, 0) is 50.3 Å². The Morgan fingerprint density at radius 3 is 2.71 bits per heavy atom. The fourth-order valence-electron chi connectivity index (χ4n) is 3.70. The van der Waals surface area contributed by atoms with E-state index in [1.165, 1.54) is 12.8 Å². The molecule has 0 saturated carbocycles. The number of aromatic nitrogens is 1. The molecule has 3 rings (SSSR count). The van der Waals surface area contributed by atoms with E-state index in [0.717, 1.165) is 57.3 Å². The Morgan fingerprint density at radius 2 is 2.12 bits per heavy atom. The van der Waals surface area contributed by atoms with E-state index in [2.05, 4.69) is 29.0 Å². The van der Waals surface area contributed by atoms with Gasteiger partial charge in [0.15, 0.2) is 0 Å². The maximum absolute atomic E-state index is 12.9. The molecule has 1 atom stereocenters. The lowest BCUT2D eigenvalue weighted by Gasteiger charge is -2.31. The average Bonchev–Trinajstić information content (AvgIpc) is 3.14. The van der Waals surface area contributed by atoms with Gasteiger partial charge in [0.25, 0.3) is 5.91 Å². The van der Waals surface area contributed by atoms with Crippen LogP contribution in [0.5, 0.6) is 0 Å². The predicted molar refractivity (Wildman–Crippen MR) is 97.5 cm³/mol. The Bertz CT molecular complexity index is 531. The highest BCUT2D eigenvalue weighted by molar-refractivity contribution is 5.94. The van der Waals surface area contributed by atoms with Crippen molar-refractivity contribution in [1.29, 1.82) is 0 Å². The Kier molecular flexibility index (Phi) is 5.72. The van der Waals surface area contributed by atoms with Crippen molar-refractivity contribution in [2.75, 3.05) is 37.6 Å². The molecule has 2 saturated heterocycles. The third-order valence-electron chi connectivity index (χ3n) is 5.30. The van der Waals surface area contributed by atoms with E-state index in [-0.39, 0.29) is 5.91 Å². The van der Waals surface area contributed by atoms with Gasteiger partial charge in [-0.25, -0.2) is 4.98 Å². The molecule has 0 radical (unpaired) electrons. The van der Waals surface area contributed by atoms with Crippen LogP contribution in [0.4, 0.5) is 5.82 Å². The molecule has 0 spiro atoms. The quantitative estimate of drug-likeness (QED) is 0.901. The van der Waals surface area contributed by atoms with E-state index in [9.17, 15) is 4.79 Å². The Morgan fingerprint density at radius 1 is 1.33 bits per heavy atom. The first kappa shape index (κ1) is 17.2. The van der Waals surface area contributed by atoms with Crippen LogP contribution in [-0.2, 0) is 0 Å². The molecule has 1 aromatic rings. The Hall–Kier alpha value is -1.62. The van der Waals surface area contributed by atoms with Crippen LogP contribution in [0, 0.1) is 5.92 Å². The van der Waals surface area contributed by atoms with Crippen molar-refractivity contribution in [3.05, 3.63) is 23.9 Å². The molecular weight excluding hydrogens is 300 g/mol. The Labute approximate surface area is 145 Å². The third kappa shape index (κ3) is 3.89. The second kappa shape index (κ2) is 7.97. The van der Waals surface area contributed by atoms with Crippen LogP contribution in [-0.4, -0.2) is 54.6 Å². The first-order chi connectivity index (χ1) is 11.7. The summed E-state index contributed by atoms with van der Waals surface area (Å²) in [6.45, 7) is 9.30. The van der Waals surface area contributed by atoms with Gasteiger partial charge in [-0.15, -0.1) is 0 Å². The molecular formula is C19H30N4O. The molecule has 2 fully saturated rings. The highest BCUT2D eigenvalue weighted by Crippen LogP contribution is 2.22. The van der Waals surface area contributed by atoms with Gasteiger partial charge in [-0.3, -0.25) is 4.79 Å². The summed E-state index contributed by atoms with van der Waals surface area (Å²) in [4.78, 5) is 21.8. The number of anilines is 1. The van der Waals surface area contributed by atoms with E-state index < -0.39 is 0 Å². The molecule has 2 aliphatic rings. The minimum Gasteiger partial charge on any atom is -0.357 e. The van der Waals surface area contributed by atoms with Crippen molar-refractivity contribution in [2.24, 2.45) is 5.92 Å². The van der Waals surface area contributed by atoms with Crippen molar-refractivity contribution in [3.8, 4) is 0 Å². The number of carbonyl (C=O) groups excluding carboxylic acids is 1. The molecule has 1 unspecified atom stereocenters. The number of piperidine rings is 1. The van der Waals surface area contributed by atoms with Gasteiger partial charge in [0, 0.05) is 38.4 Å². The summed E-state index contributed by atoms with van der Waals surface area (Å²) >= 11 is 0. The zero-order valence-electron chi connectivity index (χ0n) is 15.0. The number of carbonyl (C=O) groups is 1. The highest BCUT2D eigenvalue weighted by atomic mass is 16.2. The van der Waals surface area contributed by atoms with E-state index in [4.69, 9.17) is 0 Å². The topological polar surface area (TPSA) is 48.5 Å². The second-order valence-electron chi connectivity index (χ2n) is 7.22. The highest BCUT2D eigenvalue weighted by Gasteiger charge is 2.27. The lowest BCUT2D eigenvalue weighted by Crippen LogP contribution is -2.42. The third-order valence-corrected chi connectivity index (χ3v) is 5.30. The van der Waals surface area contributed by atoms with Gasteiger partial charge in [0.05, 0.1) is 5.56 Å². The van der Waals surface area contributed by atoms with Crippen LogP contribution in [0.25, 0.3) is 0 Å². The summed E-state index contributed by atoms with van der Waals surface area (Å²) in [7, 11) is 0. The second-order valence-corrected chi connectivity index (χ2v) is 7.22. The molecule has 0 aliphatic carbocycles. The summed E-state index contributed by atoms with van der Waals surface area (Å²) < 4.78 is 0. The average molecular weight is 330 g/mol. The molecule has 5 heteroatoms. The van der Waals surface area contributed by atoms with Crippen LogP contribution in [0.1, 0.15) is 49.9 Å². The fraction of sp³-hybridized carbons (Fsp3) is 0.684. The van der Waals surface area contributed by atoms with Crippen LogP contribution >= 0.6 is 0 Å². The number of hydrogen-bond donors (Lipinski definition) is 1. The first-order valence-corrected chi connectivity index (χ1v) is 9.41. The van der Waals surface area contributed by atoms with E-state index >= 15 is 0 Å². The van der Waals surface area contributed by atoms with Crippen molar-refractivity contribution < 1.29 is 4.79 Å². The SMILES string of the molecule is CCCN(C(=O)c1ccc(N2CCC(C)CC2)nc1)C1CCNC1. The van der Waals surface area contributed by atoms with Crippen LogP contribution < -0.4 is 10.2 Å². The Balaban J connectivity index is 1.68. The lowest BCUT2D eigenvalue weighted by molar-refractivity contribution is 0.0692. The minimum absolute atomic E-state index is 0.122. The molecule has 24 heavy (non-hydrogen) atoms. The zero-order valence-corrected chi connectivity index (χ0v) is 15.0. The summed E-state index contributed by atoms with van der Waals surface area (Å²) in [5.74, 6) is 1.93. The zero-order chi connectivity index (χ0) is 16.9. The number of pyridine rings is 1. The standard InChI is InChI=1S/C19H30N4O/c1-3-10-23(17-6-9-20-14-17)19(24)16-4-5-18(21-13-16)22-11-7-15(2)8-12-22/h4-5,13,15,17,20H,3,6-12,14H2,1-2H3. The van der Waals surface area contributed by atoms with E-state index in [1.807, 2.05) is 17.0 Å². The summed E-state index contributed by atoms with van der Waals surface area (Å²) in [6, 6.07) is 4.29. The summed E-state index contributed by atoms with van der Waals surface area (Å²) in [5, 5.41) is 3.36. The summed E-state index contributed by atoms with van der Waals surface area (Å²) in [5.41, 5.74) is 0.712. The largest absolute Gasteiger partial charge is 0.357 e. The maximum Gasteiger partial charge on any atom is 0.255 e.